The molecular weight excluding hydrogens is 304 g/mol. The van der Waals surface area contributed by atoms with Crippen LogP contribution in [0.4, 0.5) is 4.79 Å². The number of aliphatic hydroxyl groups is 1. The lowest BCUT2D eigenvalue weighted by molar-refractivity contribution is 0.0871. The molecule has 0 bridgehead atoms. The Kier molecular flexibility index (Phi) is 5.00. The van der Waals surface area contributed by atoms with Crippen molar-refractivity contribution in [3.8, 4) is 0 Å². The molecule has 24 heavy (non-hydrogen) atoms. The Morgan fingerprint density at radius 1 is 1.42 bits per heavy atom. The standard InChI is InChI=1S/C19H24N2O3/c1-13(2)12-24-19(23)21(17-5-6-17)10-16-9-14(11-22)8-15-4-3-7-20-18(15)16/h3-4,7-9,13,17,22H,5-6,10-12H2,1-2H3. The topological polar surface area (TPSA) is 62.7 Å². The first-order chi connectivity index (χ1) is 11.6. The normalized spacial score (nSPS) is 14.2. The van der Waals surface area contributed by atoms with Crippen LogP contribution in [0.25, 0.3) is 10.9 Å². The zero-order valence-corrected chi connectivity index (χ0v) is 14.2. The Bertz CT molecular complexity index is 726. The molecular formula is C19H24N2O3. The third kappa shape index (κ3) is 3.85. The molecule has 1 saturated carbocycles. The lowest BCUT2D eigenvalue weighted by Gasteiger charge is -2.23. The summed E-state index contributed by atoms with van der Waals surface area (Å²) in [4.78, 5) is 18.7. The van der Waals surface area contributed by atoms with Gasteiger partial charge in [0.15, 0.2) is 0 Å². The van der Waals surface area contributed by atoms with Crippen LogP contribution in [-0.4, -0.2) is 33.7 Å². The van der Waals surface area contributed by atoms with Crippen molar-refractivity contribution in [1.29, 1.82) is 0 Å². The molecule has 3 rings (SSSR count). The molecule has 5 nitrogen and oxygen atoms in total. The fourth-order valence-electron chi connectivity index (χ4n) is 2.78. The highest BCUT2D eigenvalue weighted by molar-refractivity contribution is 5.83. The van der Waals surface area contributed by atoms with Crippen LogP contribution in [0, 0.1) is 5.92 Å². The highest BCUT2D eigenvalue weighted by atomic mass is 16.6. The molecule has 1 heterocycles. The molecule has 1 fully saturated rings. The summed E-state index contributed by atoms with van der Waals surface area (Å²) in [7, 11) is 0. The van der Waals surface area contributed by atoms with E-state index in [-0.39, 0.29) is 18.7 Å². The van der Waals surface area contributed by atoms with Crippen LogP contribution in [0.2, 0.25) is 0 Å². The number of hydrogen-bond acceptors (Lipinski definition) is 4. The molecule has 2 aromatic rings. The first-order valence-electron chi connectivity index (χ1n) is 8.49. The number of carbonyl (C=O) groups is 1. The summed E-state index contributed by atoms with van der Waals surface area (Å²) >= 11 is 0. The first kappa shape index (κ1) is 16.7. The number of rotatable bonds is 6. The van der Waals surface area contributed by atoms with Gasteiger partial charge in [0.05, 0.1) is 25.3 Å². The van der Waals surface area contributed by atoms with Gasteiger partial charge in [-0.1, -0.05) is 19.9 Å². The van der Waals surface area contributed by atoms with E-state index in [9.17, 15) is 9.90 Å². The third-order valence-corrected chi connectivity index (χ3v) is 4.13. The van der Waals surface area contributed by atoms with E-state index >= 15 is 0 Å². The number of amides is 1. The van der Waals surface area contributed by atoms with Gasteiger partial charge >= 0.3 is 6.09 Å². The van der Waals surface area contributed by atoms with Gasteiger partial charge in [-0.2, -0.15) is 0 Å². The summed E-state index contributed by atoms with van der Waals surface area (Å²) in [6.45, 7) is 4.91. The van der Waals surface area contributed by atoms with Crippen LogP contribution in [-0.2, 0) is 17.9 Å². The van der Waals surface area contributed by atoms with Gasteiger partial charge in [-0.3, -0.25) is 4.98 Å². The smallest absolute Gasteiger partial charge is 0.410 e. The van der Waals surface area contributed by atoms with Crippen LogP contribution in [0.1, 0.15) is 37.8 Å². The average molecular weight is 328 g/mol. The van der Waals surface area contributed by atoms with Crippen LogP contribution >= 0.6 is 0 Å². The Morgan fingerprint density at radius 2 is 2.21 bits per heavy atom. The van der Waals surface area contributed by atoms with Gasteiger partial charge < -0.3 is 14.7 Å². The Labute approximate surface area is 142 Å². The predicted octanol–water partition coefficient (Wildman–Crippen LogP) is 3.48. The van der Waals surface area contributed by atoms with Crippen molar-refractivity contribution >= 4 is 17.0 Å². The third-order valence-electron chi connectivity index (χ3n) is 4.13. The summed E-state index contributed by atoms with van der Waals surface area (Å²) < 4.78 is 5.42. The molecule has 1 N–H and O–H groups in total. The largest absolute Gasteiger partial charge is 0.449 e. The molecule has 0 aliphatic heterocycles. The van der Waals surface area contributed by atoms with Gasteiger partial charge in [0.1, 0.15) is 0 Å². The minimum absolute atomic E-state index is 0.0287. The van der Waals surface area contributed by atoms with Gasteiger partial charge in [-0.05, 0) is 48.1 Å². The van der Waals surface area contributed by atoms with Gasteiger partial charge in [0, 0.05) is 17.6 Å². The van der Waals surface area contributed by atoms with Crippen LogP contribution < -0.4 is 0 Å². The molecule has 1 amide bonds. The van der Waals surface area contributed by atoms with Crippen LogP contribution in [0.15, 0.2) is 30.5 Å². The summed E-state index contributed by atoms with van der Waals surface area (Å²) in [6.07, 6.45) is 3.52. The number of ether oxygens (including phenoxy) is 1. The maximum atomic E-state index is 12.5. The second-order valence-corrected chi connectivity index (χ2v) is 6.82. The van der Waals surface area contributed by atoms with E-state index in [2.05, 4.69) is 4.98 Å². The minimum Gasteiger partial charge on any atom is -0.449 e. The number of fused-ring (bicyclic) bond motifs is 1. The van der Waals surface area contributed by atoms with E-state index < -0.39 is 0 Å². The summed E-state index contributed by atoms with van der Waals surface area (Å²) in [6, 6.07) is 7.97. The minimum atomic E-state index is -0.260. The molecule has 1 aromatic heterocycles. The Balaban J connectivity index is 1.87. The number of pyridine rings is 1. The molecule has 128 valence electrons. The lowest BCUT2D eigenvalue weighted by atomic mass is 10.0. The summed E-state index contributed by atoms with van der Waals surface area (Å²) in [5, 5.41) is 10.5. The summed E-state index contributed by atoms with van der Waals surface area (Å²) in [5.41, 5.74) is 2.65. The van der Waals surface area contributed by atoms with Gasteiger partial charge in [-0.25, -0.2) is 4.79 Å². The number of aliphatic hydroxyl groups excluding tert-OH is 1. The molecule has 0 unspecified atom stereocenters. The molecule has 0 radical (unpaired) electrons. The van der Waals surface area contributed by atoms with Crippen molar-refractivity contribution in [2.75, 3.05) is 6.61 Å². The van der Waals surface area contributed by atoms with Crippen molar-refractivity contribution in [3.05, 3.63) is 41.6 Å². The highest BCUT2D eigenvalue weighted by Gasteiger charge is 2.34. The molecule has 1 aromatic carbocycles. The van der Waals surface area contributed by atoms with E-state index in [4.69, 9.17) is 4.74 Å². The SMILES string of the molecule is CC(C)COC(=O)N(Cc1cc(CO)cc2cccnc12)C1CC1. The quantitative estimate of drug-likeness (QED) is 0.882. The molecule has 1 aliphatic rings. The van der Waals surface area contributed by atoms with Gasteiger partial charge in [-0.15, -0.1) is 0 Å². The zero-order valence-electron chi connectivity index (χ0n) is 14.2. The molecule has 5 heteroatoms. The van der Waals surface area contributed by atoms with Crippen LogP contribution in [0.5, 0.6) is 0 Å². The number of nitrogens with zero attached hydrogens (tertiary/aromatic N) is 2. The number of hydrogen-bond donors (Lipinski definition) is 1. The average Bonchev–Trinajstić information content (AvgIpc) is 3.41. The van der Waals surface area contributed by atoms with E-state index in [1.54, 1.807) is 11.1 Å². The van der Waals surface area contributed by atoms with E-state index in [0.29, 0.717) is 19.1 Å². The highest BCUT2D eigenvalue weighted by Crippen LogP contribution is 2.30. The maximum Gasteiger partial charge on any atom is 0.410 e. The fraction of sp³-hybridized carbons (Fsp3) is 0.474. The van der Waals surface area contributed by atoms with Crippen molar-refractivity contribution in [1.82, 2.24) is 9.88 Å². The van der Waals surface area contributed by atoms with Gasteiger partial charge in [0.2, 0.25) is 0 Å². The molecule has 1 aliphatic carbocycles. The van der Waals surface area contributed by atoms with Crippen molar-refractivity contribution < 1.29 is 14.6 Å². The first-order valence-corrected chi connectivity index (χ1v) is 8.49. The Morgan fingerprint density at radius 3 is 2.88 bits per heavy atom. The number of benzene rings is 1. The van der Waals surface area contributed by atoms with E-state index in [0.717, 1.165) is 34.9 Å². The monoisotopic (exact) mass is 328 g/mol. The second kappa shape index (κ2) is 7.18. The van der Waals surface area contributed by atoms with Crippen molar-refractivity contribution in [3.63, 3.8) is 0 Å². The maximum absolute atomic E-state index is 12.5. The van der Waals surface area contributed by atoms with Gasteiger partial charge in [0.25, 0.3) is 0 Å². The molecule has 0 saturated heterocycles. The number of aromatic nitrogens is 1. The Hall–Kier alpha value is -2.14. The molecule has 0 atom stereocenters. The van der Waals surface area contributed by atoms with E-state index in [1.807, 2.05) is 38.1 Å². The van der Waals surface area contributed by atoms with E-state index in [1.165, 1.54) is 0 Å². The van der Waals surface area contributed by atoms with Crippen LogP contribution in [0.3, 0.4) is 0 Å². The lowest BCUT2D eigenvalue weighted by Crippen LogP contribution is -2.34. The number of carbonyl (C=O) groups excluding carboxylic acids is 1. The second-order valence-electron chi connectivity index (χ2n) is 6.82. The summed E-state index contributed by atoms with van der Waals surface area (Å²) in [5.74, 6) is 0.315. The fourth-order valence-corrected chi connectivity index (χ4v) is 2.78. The van der Waals surface area contributed by atoms with Crippen molar-refractivity contribution in [2.45, 2.75) is 45.9 Å². The zero-order chi connectivity index (χ0) is 17.1. The predicted molar refractivity (Wildman–Crippen MR) is 92.4 cm³/mol. The molecule has 0 spiro atoms. The van der Waals surface area contributed by atoms with Crippen molar-refractivity contribution in [2.24, 2.45) is 5.92 Å².